The van der Waals surface area contributed by atoms with E-state index in [-0.39, 0.29) is 24.3 Å². The van der Waals surface area contributed by atoms with Crippen molar-refractivity contribution in [2.24, 2.45) is 16.5 Å². The van der Waals surface area contributed by atoms with E-state index in [1.807, 2.05) is 0 Å². The lowest BCUT2D eigenvalue weighted by Gasteiger charge is -2.03. The molecule has 1 aromatic rings. The third-order valence-corrected chi connectivity index (χ3v) is 3.80. The standard InChI is InChI=1S/C11H15N3O2S.ClH/c1-2-16-10(15)8-6-4-3-5-7(6)17-9(8)14-11(12)13;/h2-5H2,1H3,(H4,12,13,14);1H. The molecule has 100 valence electrons. The number of nitrogens with two attached hydrogens (primary N) is 2. The van der Waals surface area contributed by atoms with Crippen LogP contribution in [0, 0.1) is 0 Å². The second-order valence-corrected chi connectivity index (χ2v) is 4.88. The van der Waals surface area contributed by atoms with Gasteiger partial charge in [0.05, 0.1) is 12.2 Å². The van der Waals surface area contributed by atoms with Gasteiger partial charge in [-0.2, -0.15) is 0 Å². The molecule has 0 spiro atoms. The molecule has 0 saturated carbocycles. The van der Waals surface area contributed by atoms with Gasteiger partial charge >= 0.3 is 5.97 Å². The fraction of sp³-hybridized carbons (Fsp3) is 0.455. The normalized spacial score (nSPS) is 12.5. The summed E-state index contributed by atoms with van der Waals surface area (Å²) in [6, 6.07) is 0. The molecule has 0 unspecified atom stereocenters. The van der Waals surface area contributed by atoms with Crippen molar-refractivity contribution in [2.45, 2.75) is 26.2 Å². The number of aliphatic imine (C=N–C) groups is 1. The molecule has 4 N–H and O–H groups in total. The first-order valence-electron chi connectivity index (χ1n) is 5.54. The molecule has 0 atom stereocenters. The highest BCUT2D eigenvalue weighted by Crippen LogP contribution is 2.41. The smallest absolute Gasteiger partial charge is 0.341 e. The van der Waals surface area contributed by atoms with Gasteiger partial charge in [0.1, 0.15) is 5.00 Å². The lowest BCUT2D eigenvalue weighted by molar-refractivity contribution is 0.0527. The highest BCUT2D eigenvalue weighted by Gasteiger charge is 2.27. The molecule has 1 heterocycles. The molecule has 18 heavy (non-hydrogen) atoms. The Morgan fingerprint density at radius 1 is 1.44 bits per heavy atom. The monoisotopic (exact) mass is 289 g/mol. The van der Waals surface area contributed by atoms with E-state index in [9.17, 15) is 4.79 Å². The second kappa shape index (κ2) is 6.06. The zero-order valence-electron chi connectivity index (χ0n) is 10.1. The molecule has 0 saturated heterocycles. The third kappa shape index (κ3) is 2.76. The number of esters is 1. The summed E-state index contributed by atoms with van der Waals surface area (Å²) in [5, 5.41) is 0.577. The lowest BCUT2D eigenvalue weighted by atomic mass is 10.1. The molecule has 0 amide bonds. The molecule has 0 bridgehead atoms. The molecular formula is C11H16ClN3O2S. The molecule has 5 nitrogen and oxygen atoms in total. The van der Waals surface area contributed by atoms with Crippen molar-refractivity contribution in [3.05, 3.63) is 16.0 Å². The minimum atomic E-state index is -0.327. The summed E-state index contributed by atoms with van der Waals surface area (Å²) < 4.78 is 5.05. The fourth-order valence-electron chi connectivity index (χ4n) is 2.00. The van der Waals surface area contributed by atoms with Crippen molar-refractivity contribution in [2.75, 3.05) is 6.61 Å². The lowest BCUT2D eigenvalue weighted by Crippen LogP contribution is -2.22. The number of aryl methyl sites for hydroxylation is 1. The number of carbonyl (C=O) groups is 1. The van der Waals surface area contributed by atoms with Crippen molar-refractivity contribution < 1.29 is 9.53 Å². The predicted octanol–water partition coefficient (Wildman–Crippen LogP) is 1.74. The Labute approximate surface area is 116 Å². The number of hydrogen-bond donors (Lipinski definition) is 2. The van der Waals surface area contributed by atoms with Gasteiger partial charge in [-0.25, -0.2) is 9.79 Å². The van der Waals surface area contributed by atoms with Crippen LogP contribution in [0.25, 0.3) is 0 Å². The van der Waals surface area contributed by atoms with Crippen molar-refractivity contribution in [3.63, 3.8) is 0 Å². The van der Waals surface area contributed by atoms with Crippen LogP contribution >= 0.6 is 23.7 Å². The van der Waals surface area contributed by atoms with Crippen molar-refractivity contribution >= 4 is 40.7 Å². The SMILES string of the molecule is CCOC(=O)c1c(N=C(N)N)sc2c1CCC2.Cl. The van der Waals surface area contributed by atoms with E-state index >= 15 is 0 Å². The number of guanidine groups is 1. The first kappa shape index (κ1) is 14.8. The first-order chi connectivity index (χ1) is 8.13. The maximum Gasteiger partial charge on any atom is 0.341 e. The van der Waals surface area contributed by atoms with Crippen LogP contribution in [-0.4, -0.2) is 18.5 Å². The van der Waals surface area contributed by atoms with Gasteiger partial charge in [0.2, 0.25) is 0 Å². The van der Waals surface area contributed by atoms with Gasteiger partial charge in [-0.3, -0.25) is 0 Å². The van der Waals surface area contributed by atoms with E-state index in [2.05, 4.69) is 4.99 Å². The Hall–Kier alpha value is -1.27. The van der Waals surface area contributed by atoms with Gasteiger partial charge in [0, 0.05) is 4.88 Å². The zero-order chi connectivity index (χ0) is 12.4. The Morgan fingerprint density at radius 3 is 2.78 bits per heavy atom. The number of hydrogen-bond acceptors (Lipinski definition) is 4. The van der Waals surface area contributed by atoms with E-state index in [4.69, 9.17) is 16.2 Å². The average Bonchev–Trinajstić information content (AvgIpc) is 2.76. The molecule has 1 aliphatic carbocycles. The molecular weight excluding hydrogens is 274 g/mol. The number of fused-ring (bicyclic) bond motifs is 1. The average molecular weight is 290 g/mol. The molecule has 1 aliphatic rings. The largest absolute Gasteiger partial charge is 0.462 e. The zero-order valence-corrected chi connectivity index (χ0v) is 11.7. The van der Waals surface area contributed by atoms with Crippen LogP contribution in [0.2, 0.25) is 0 Å². The summed E-state index contributed by atoms with van der Waals surface area (Å²) in [5.41, 5.74) is 12.4. The summed E-state index contributed by atoms with van der Waals surface area (Å²) in [7, 11) is 0. The number of thiophene rings is 1. The summed E-state index contributed by atoms with van der Waals surface area (Å²) >= 11 is 1.48. The van der Waals surface area contributed by atoms with Crippen molar-refractivity contribution in [3.8, 4) is 0 Å². The number of carbonyl (C=O) groups excluding carboxylic acids is 1. The summed E-state index contributed by atoms with van der Waals surface area (Å²) in [6.45, 7) is 2.13. The molecule has 0 fully saturated rings. The van der Waals surface area contributed by atoms with E-state index in [1.165, 1.54) is 16.2 Å². The predicted molar refractivity (Wildman–Crippen MR) is 75.0 cm³/mol. The molecule has 0 aromatic carbocycles. The minimum Gasteiger partial charge on any atom is -0.462 e. The van der Waals surface area contributed by atoms with E-state index in [0.29, 0.717) is 17.2 Å². The minimum absolute atomic E-state index is 0. The summed E-state index contributed by atoms with van der Waals surface area (Å²) in [4.78, 5) is 17.1. The first-order valence-corrected chi connectivity index (χ1v) is 6.36. The van der Waals surface area contributed by atoms with Crippen LogP contribution in [-0.2, 0) is 17.6 Å². The van der Waals surface area contributed by atoms with Crippen molar-refractivity contribution in [1.82, 2.24) is 0 Å². The summed E-state index contributed by atoms with van der Waals surface area (Å²) in [5.74, 6) is -0.359. The topological polar surface area (TPSA) is 90.7 Å². The van der Waals surface area contributed by atoms with Gasteiger partial charge in [0.15, 0.2) is 5.96 Å². The van der Waals surface area contributed by atoms with Gasteiger partial charge < -0.3 is 16.2 Å². The van der Waals surface area contributed by atoms with E-state index in [1.54, 1.807) is 6.92 Å². The highest BCUT2D eigenvalue weighted by atomic mass is 35.5. The van der Waals surface area contributed by atoms with Gasteiger partial charge in [0.25, 0.3) is 0 Å². The highest BCUT2D eigenvalue weighted by molar-refractivity contribution is 7.16. The third-order valence-electron chi connectivity index (χ3n) is 2.61. The Kier molecular flexibility index (Phi) is 4.98. The molecule has 0 aliphatic heterocycles. The van der Waals surface area contributed by atoms with Crippen LogP contribution in [0.5, 0.6) is 0 Å². The fourth-order valence-corrected chi connectivity index (χ4v) is 3.27. The van der Waals surface area contributed by atoms with Gasteiger partial charge in [-0.15, -0.1) is 23.7 Å². The van der Waals surface area contributed by atoms with Crippen LogP contribution < -0.4 is 11.5 Å². The van der Waals surface area contributed by atoms with Crippen LogP contribution in [0.4, 0.5) is 5.00 Å². The van der Waals surface area contributed by atoms with Gasteiger partial charge in [-0.05, 0) is 31.7 Å². The molecule has 0 radical (unpaired) electrons. The Morgan fingerprint density at radius 2 is 2.17 bits per heavy atom. The summed E-state index contributed by atoms with van der Waals surface area (Å²) in [6.07, 6.45) is 2.97. The van der Waals surface area contributed by atoms with E-state index < -0.39 is 0 Å². The molecule has 1 aromatic heterocycles. The van der Waals surface area contributed by atoms with Crippen molar-refractivity contribution in [1.29, 1.82) is 0 Å². The number of halogens is 1. The van der Waals surface area contributed by atoms with Crippen LogP contribution in [0.15, 0.2) is 4.99 Å². The quantitative estimate of drug-likeness (QED) is 0.504. The van der Waals surface area contributed by atoms with Crippen LogP contribution in [0.1, 0.15) is 34.1 Å². The molecule has 2 rings (SSSR count). The van der Waals surface area contributed by atoms with E-state index in [0.717, 1.165) is 24.8 Å². The number of nitrogens with zero attached hydrogens (tertiary/aromatic N) is 1. The second-order valence-electron chi connectivity index (χ2n) is 3.79. The maximum absolute atomic E-state index is 11.9. The number of rotatable bonds is 3. The maximum atomic E-state index is 11.9. The number of ether oxygens (including phenoxy) is 1. The molecule has 7 heteroatoms. The Balaban J connectivity index is 0.00000162. The van der Waals surface area contributed by atoms with Gasteiger partial charge in [-0.1, -0.05) is 0 Å². The Bertz CT molecular complexity index is 481. The van der Waals surface area contributed by atoms with Crippen LogP contribution in [0.3, 0.4) is 0 Å².